The Bertz CT molecular complexity index is 856. The molecule has 0 saturated heterocycles. The quantitative estimate of drug-likeness (QED) is 0.112. The first-order valence-corrected chi connectivity index (χ1v) is 11.9. The Morgan fingerprint density at radius 1 is 0.879 bits per heavy atom. The zero-order chi connectivity index (χ0) is 25.3. The molecule has 0 spiro atoms. The van der Waals surface area contributed by atoms with Crippen molar-refractivity contribution >= 4 is 68.6 Å². The molecule has 1 aromatic carbocycles. The molecule has 0 radical (unpaired) electrons. The van der Waals surface area contributed by atoms with Crippen LogP contribution in [0.3, 0.4) is 0 Å². The van der Waals surface area contributed by atoms with E-state index in [-0.39, 0.29) is 43.6 Å². The molecular weight excluding hydrogens is 668 g/mol. The van der Waals surface area contributed by atoms with Gasteiger partial charge in [-0.1, -0.05) is 0 Å². The van der Waals surface area contributed by atoms with Gasteiger partial charge in [-0.2, -0.15) is 0 Å². The molecule has 14 heteroatoms. The molecule has 8 N–H and O–H groups in total. The molecule has 3 amide bonds. The number of nitrogens with zero attached hydrogens (tertiary/aromatic N) is 1. The van der Waals surface area contributed by atoms with Gasteiger partial charge in [0.2, 0.25) is 5.91 Å². The fourth-order valence-corrected chi connectivity index (χ4v) is 4.98. The van der Waals surface area contributed by atoms with Crippen LogP contribution < -0.4 is 15.5 Å². The summed E-state index contributed by atoms with van der Waals surface area (Å²) < 4.78 is 0.471. The van der Waals surface area contributed by atoms with Gasteiger partial charge in [-0.3, -0.25) is 14.4 Å². The first-order valence-electron chi connectivity index (χ1n) is 9.71. The average molecular weight is 695 g/mol. The van der Waals surface area contributed by atoms with Crippen molar-refractivity contribution < 1.29 is 45.0 Å². The molecule has 3 unspecified atom stereocenters. The Balaban J connectivity index is 3.58. The van der Waals surface area contributed by atoms with Crippen LogP contribution in [-0.4, -0.2) is 106 Å². The van der Waals surface area contributed by atoms with Crippen LogP contribution in [0, 0.1) is 7.14 Å². The molecule has 1 rings (SSSR count). The predicted molar refractivity (Wildman–Crippen MR) is 134 cm³/mol. The van der Waals surface area contributed by atoms with E-state index in [1.54, 1.807) is 22.6 Å². The number of hydrogen-bond donors (Lipinski definition) is 8. The Kier molecular flexibility index (Phi) is 12.9. The second-order valence-corrected chi connectivity index (χ2v) is 9.16. The van der Waals surface area contributed by atoms with Crippen LogP contribution in [0.1, 0.15) is 27.6 Å². The molecule has 0 aliphatic heterocycles. The van der Waals surface area contributed by atoms with Gasteiger partial charge in [0.05, 0.1) is 65.1 Å². The third-order valence-corrected chi connectivity index (χ3v) is 6.56. The van der Waals surface area contributed by atoms with Gasteiger partial charge in [-0.05, 0) is 51.2 Å². The number of aliphatic hydroxyl groups excluding tert-OH is 6. The number of anilines is 1. The van der Waals surface area contributed by atoms with Gasteiger partial charge in [0.15, 0.2) is 0 Å². The summed E-state index contributed by atoms with van der Waals surface area (Å²) >= 11 is 3.59. The van der Waals surface area contributed by atoms with E-state index in [1.807, 2.05) is 22.6 Å². The number of halogens is 2. The summed E-state index contributed by atoms with van der Waals surface area (Å²) in [5.74, 6) is -1.90. The number of aliphatic hydroxyl groups is 6. The number of rotatable bonds is 12. The molecule has 3 atom stereocenters. The molecule has 0 aromatic heterocycles. The summed E-state index contributed by atoms with van der Waals surface area (Å²) in [6.07, 6.45) is -3.69. The molecule has 0 heterocycles. The Morgan fingerprint density at radius 2 is 1.36 bits per heavy atom. The van der Waals surface area contributed by atoms with E-state index in [0.29, 0.717) is 0 Å². The summed E-state index contributed by atoms with van der Waals surface area (Å²) in [4.78, 5) is 39.1. The highest BCUT2D eigenvalue weighted by Gasteiger charge is 2.28. The van der Waals surface area contributed by atoms with Gasteiger partial charge in [0, 0.05) is 23.6 Å². The summed E-state index contributed by atoms with van der Waals surface area (Å²) in [6, 6.07) is 1.34. The summed E-state index contributed by atoms with van der Waals surface area (Å²) in [5.41, 5.74) is 0.113. The van der Waals surface area contributed by atoms with Gasteiger partial charge in [-0.15, -0.1) is 0 Å². The van der Waals surface area contributed by atoms with Crippen LogP contribution in [-0.2, 0) is 4.79 Å². The van der Waals surface area contributed by atoms with Crippen molar-refractivity contribution in [2.45, 2.75) is 25.2 Å². The van der Waals surface area contributed by atoms with E-state index < -0.39 is 55.9 Å². The van der Waals surface area contributed by atoms with E-state index in [0.717, 1.165) is 4.90 Å². The van der Waals surface area contributed by atoms with Crippen LogP contribution in [0.2, 0.25) is 0 Å². The number of nitrogens with one attached hydrogen (secondary N) is 2. The van der Waals surface area contributed by atoms with E-state index in [4.69, 9.17) is 10.2 Å². The lowest BCUT2D eigenvalue weighted by atomic mass is 10.1. The topological polar surface area (TPSA) is 200 Å². The highest BCUT2D eigenvalue weighted by molar-refractivity contribution is 14.1. The number of hydrogen-bond acceptors (Lipinski definition) is 9. The van der Waals surface area contributed by atoms with Gasteiger partial charge in [-0.25, -0.2) is 0 Å². The molecule has 186 valence electrons. The lowest BCUT2D eigenvalue weighted by molar-refractivity contribution is -0.117. The van der Waals surface area contributed by atoms with Crippen LogP contribution in [0.25, 0.3) is 0 Å². The Morgan fingerprint density at radius 3 is 1.82 bits per heavy atom. The van der Waals surface area contributed by atoms with E-state index in [2.05, 4.69) is 10.6 Å². The van der Waals surface area contributed by atoms with Crippen LogP contribution >= 0.6 is 45.2 Å². The van der Waals surface area contributed by atoms with Crippen molar-refractivity contribution in [3.8, 4) is 0 Å². The minimum atomic E-state index is -1.28. The fourth-order valence-electron chi connectivity index (χ4n) is 2.58. The normalized spacial score (nSPS) is 13.7. The SMILES string of the molecule is CC(=O)N(CC(O)CO)c1cc(C(=O)NCC(O)CO)c(I)c(C(=O)NCC(O)CO)c1I. The summed E-state index contributed by atoms with van der Waals surface area (Å²) in [5, 5.41) is 60.9. The van der Waals surface area contributed by atoms with E-state index in [1.165, 1.54) is 13.0 Å². The number of amides is 3. The van der Waals surface area contributed by atoms with Crippen molar-refractivity contribution in [3.05, 3.63) is 24.3 Å². The first-order chi connectivity index (χ1) is 15.5. The average Bonchev–Trinajstić information content (AvgIpc) is 2.79. The third-order valence-electron chi connectivity index (χ3n) is 4.35. The first kappa shape index (κ1) is 29.9. The molecule has 0 fully saturated rings. The van der Waals surface area contributed by atoms with Crippen molar-refractivity contribution in [1.29, 1.82) is 0 Å². The van der Waals surface area contributed by atoms with E-state index in [9.17, 15) is 34.8 Å². The Hall–Kier alpha value is -1.15. The lowest BCUT2D eigenvalue weighted by Crippen LogP contribution is -2.40. The molecule has 0 saturated carbocycles. The second-order valence-electron chi connectivity index (χ2n) is 7.01. The molecule has 1 aromatic rings. The molecule has 33 heavy (non-hydrogen) atoms. The Labute approximate surface area is 217 Å². The maximum absolute atomic E-state index is 12.9. The van der Waals surface area contributed by atoms with Gasteiger partial charge in [0.1, 0.15) is 0 Å². The van der Waals surface area contributed by atoms with Crippen LogP contribution in [0.5, 0.6) is 0 Å². The molecule has 0 aliphatic rings. The zero-order valence-corrected chi connectivity index (χ0v) is 22.0. The minimum Gasteiger partial charge on any atom is -0.394 e. The molecule has 0 aliphatic carbocycles. The standard InChI is InChI=1S/C19H27I2N3O9/c1-9(28)24(5-12(31)8-27)14-2-13(18(32)22-3-10(29)6-25)16(20)15(17(14)21)19(33)23-4-11(30)7-26/h2,10-12,25-27,29-31H,3-8H2,1H3,(H,22,32)(H,23,33). The van der Waals surface area contributed by atoms with Crippen molar-refractivity contribution in [3.63, 3.8) is 0 Å². The molecular formula is C19H27I2N3O9. The van der Waals surface area contributed by atoms with Crippen LogP contribution in [0.4, 0.5) is 5.69 Å². The van der Waals surface area contributed by atoms with Gasteiger partial charge in [0.25, 0.3) is 11.8 Å². The maximum Gasteiger partial charge on any atom is 0.253 e. The lowest BCUT2D eigenvalue weighted by Gasteiger charge is -2.27. The van der Waals surface area contributed by atoms with Crippen LogP contribution in [0.15, 0.2) is 6.07 Å². The highest BCUT2D eigenvalue weighted by Crippen LogP contribution is 2.33. The maximum atomic E-state index is 12.9. The zero-order valence-electron chi connectivity index (χ0n) is 17.7. The number of carbonyl (C=O) groups excluding carboxylic acids is 3. The highest BCUT2D eigenvalue weighted by atomic mass is 127. The van der Waals surface area contributed by atoms with Gasteiger partial charge < -0.3 is 46.2 Å². The fraction of sp³-hybridized carbons (Fsp3) is 0.526. The van der Waals surface area contributed by atoms with Crippen molar-refractivity contribution in [1.82, 2.24) is 10.6 Å². The number of carbonyl (C=O) groups is 3. The molecule has 12 nitrogen and oxygen atoms in total. The van der Waals surface area contributed by atoms with E-state index >= 15 is 0 Å². The predicted octanol–water partition coefficient (Wildman–Crippen LogP) is -2.23. The third kappa shape index (κ3) is 8.53. The van der Waals surface area contributed by atoms with Gasteiger partial charge >= 0.3 is 0 Å². The largest absolute Gasteiger partial charge is 0.394 e. The summed E-state index contributed by atoms with van der Waals surface area (Å²) in [6.45, 7) is -1.40. The summed E-state index contributed by atoms with van der Waals surface area (Å²) in [7, 11) is 0. The van der Waals surface area contributed by atoms with Crippen molar-refractivity contribution in [2.24, 2.45) is 0 Å². The number of benzene rings is 1. The monoisotopic (exact) mass is 695 g/mol. The minimum absolute atomic E-state index is 0.0106. The smallest absolute Gasteiger partial charge is 0.253 e. The second kappa shape index (κ2) is 14.3. The van der Waals surface area contributed by atoms with Crippen molar-refractivity contribution in [2.75, 3.05) is 44.4 Å². The molecule has 0 bridgehead atoms.